The van der Waals surface area contributed by atoms with Crippen LogP contribution in [-0.2, 0) is 10.2 Å². The van der Waals surface area contributed by atoms with E-state index in [2.05, 4.69) is 26.2 Å². The van der Waals surface area contributed by atoms with Gasteiger partial charge in [0.1, 0.15) is 5.75 Å². The second-order valence-electron chi connectivity index (χ2n) is 5.82. The molecule has 1 aromatic rings. The highest BCUT2D eigenvalue weighted by molar-refractivity contribution is 7.87. The number of hydrogen-bond acceptors (Lipinski definition) is 5. The average Bonchev–Trinajstić information content (AvgIpc) is 2.63. The Labute approximate surface area is 145 Å². The molecule has 0 aliphatic carbocycles. The number of nitrogens with zero attached hydrogens (tertiary/aromatic N) is 2. The van der Waals surface area contributed by atoms with E-state index in [1.807, 2.05) is 24.3 Å². The predicted molar refractivity (Wildman–Crippen MR) is 95.4 cm³/mol. The maximum atomic E-state index is 11.7. The second kappa shape index (κ2) is 8.77. The first-order valence-electron chi connectivity index (χ1n) is 8.27. The summed E-state index contributed by atoms with van der Waals surface area (Å²) in [5.41, 5.74) is 1.08. The van der Waals surface area contributed by atoms with Gasteiger partial charge in [-0.05, 0) is 24.2 Å². The molecule has 0 spiro atoms. The Balaban J connectivity index is 2.14. The molecule has 0 bridgehead atoms. The average molecular weight is 356 g/mol. The number of benzene rings is 1. The van der Waals surface area contributed by atoms with Crippen molar-refractivity contribution in [1.82, 2.24) is 19.2 Å². The summed E-state index contributed by atoms with van der Waals surface area (Å²) in [6.07, 6.45) is 0. The molecule has 2 rings (SSSR count). The van der Waals surface area contributed by atoms with E-state index in [0.717, 1.165) is 44.0 Å². The molecule has 1 heterocycles. The second-order valence-corrected chi connectivity index (χ2v) is 7.52. The Bertz CT molecular complexity index is 598. The fourth-order valence-corrected chi connectivity index (χ4v) is 3.46. The van der Waals surface area contributed by atoms with Crippen LogP contribution in [0, 0.1) is 0 Å². The van der Waals surface area contributed by atoms with Crippen LogP contribution in [0.2, 0.25) is 0 Å². The highest BCUT2D eigenvalue weighted by Gasteiger charge is 2.25. The molecule has 1 fully saturated rings. The lowest BCUT2D eigenvalue weighted by molar-refractivity contribution is 0.100. The molecule has 2 N–H and O–H groups in total. The Hall–Kier alpha value is -1.19. The van der Waals surface area contributed by atoms with Crippen LogP contribution < -0.4 is 14.2 Å². The molecule has 0 radical (unpaired) electrons. The van der Waals surface area contributed by atoms with Crippen LogP contribution in [0.1, 0.15) is 18.5 Å². The Morgan fingerprint density at radius 2 is 1.79 bits per heavy atom. The van der Waals surface area contributed by atoms with Crippen molar-refractivity contribution in [3.8, 4) is 5.75 Å². The zero-order valence-corrected chi connectivity index (χ0v) is 15.5. The van der Waals surface area contributed by atoms with Crippen molar-refractivity contribution in [3.05, 3.63) is 29.8 Å². The fraction of sp³-hybridized carbons (Fsp3) is 0.625. The zero-order chi connectivity index (χ0) is 17.6. The SMILES string of the molecule is CCN1CCN(C(CNS(=O)(=O)NC)c2ccc(OC)cc2)CC1. The first-order chi connectivity index (χ1) is 11.5. The van der Waals surface area contributed by atoms with Crippen molar-refractivity contribution < 1.29 is 13.2 Å². The van der Waals surface area contributed by atoms with Gasteiger partial charge in [0.2, 0.25) is 0 Å². The summed E-state index contributed by atoms with van der Waals surface area (Å²) in [6, 6.07) is 7.83. The van der Waals surface area contributed by atoms with Gasteiger partial charge < -0.3 is 9.64 Å². The number of piperazine rings is 1. The smallest absolute Gasteiger partial charge is 0.276 e. The van der Waals surface area contributed by atoms with Gasteiger partial charge >= 0.3 is 0 Å². The van der Waals surface area contributed by atoms with Gasteiger partial charge in [-0.25, -0.2) is 9.44 Å². The molecule has 0 saturated carbocycles. The van der Waals surface area contributed by atoms with E-state index in [4.69, 9.17) is 4.74 Å². The van der Waals surface area contributed by atoms with Gasteiger partial charge in [-0.1, -0.05) is 19.1 Å². The molecule has 24 heavy (non-hydrogen) atoms. The topological polar surface area (TPSA) is 73.9 Å². The van der Waals surface area contributed by atoms with Crippen molar-refractivity contribution in [3.63, 3.8) is 0 Å². The number of ether oxygens (including phenoxy) is 1. The molecule has 1 aliphatic rings. The van der Waals surface area contributed by atoms with Crippen LogP contribution >= 0.6 is 0 Å². The number of rotatable bonds is 8. The van der Waals surface area contributed by atoms with Crippen LogP contribution in [0.4, 0.5) is 0 Å². The van der Waals surface area contributed by atoms with Crippen LogP contribution in [-0.4, -0.2) is 71.6 Å². The normalized spacial score (nSPS) is 18.5. The van der Waals surface area contributed by atoms with Gasteiger partial charge in [0.15, 0.2) is 0 Å². The highest BCUT2D eigenvalue weighted by atomic mass is 32.2. The zero-order valence-electron chi connectivity index (χ0n) is 14.7. The molecule has 0 aromatic heterocycles. The third-order valence-electron chi connectivity index (χ3n) is 4.53. The first kappa shape index (κ1) is 19.1. The molecular formula is C16H28N4O3S. The van der Waals surface area contributed by atoms with E-state index < -0.39 is 10.2 Å². The van der Waals surface area contributed by atoms with Crippen molar-refractivity contribution in [1.29, 1.82) is 0 Å². The summed E-state index contributed by atoms with van der Waals surface area (Å²) < 4.78 is 33.6. The summed E-state index contributed by atoms with van der Waals surface area (Å²) in [4.78, 5) is 4.74. The highest BCUT2D eigenvalue weighted by Crippen LogP contribution is 2.24. The largest absolute Gasteiger partial charge is 0.497 e. The van der Waals surface area contributed by atoms with Gasteiger partial charge in [0.05, 0.1) is 7.11 Å². The third kappa shape index (κ3) is 5.15. The van der Waals surface area contributed by atoms with E-state index in [1.54, 1.807) is 7.11 Å². The van der Waals surface area contributed by atoms with Crippen LogP contribution in [0.25, 0.3) is 0 Å². The lowest BCUT2D eigenvalue weighted by Gasteiger charge is -2.39. The molecule has 1 aliphatic heterocycles. The van der Waals surface area contributed by atoms with E-state index >= 15 is 0 Å². The minimum absolute atomic E-state index is 0.00182. The summed E-state index contributed by atoms with van der Waals surface area (Å²) in [5, 5.41) is 0. The van der Waals surface area contributed by atoms with Crippen molar-refractivity contribution >= 4 is 10.2 Å². The predicted octanol–water partition coefficient (Wildman–Crippen LogP) is 0.428. The summed E-state index contributed by atoms with van der Waals surface area (Å²) in [7, 11) is -0.407. The minimum Gasteiger partial charge on any atom is -0.497 e. The van der Waals surface area contributed by atoms with Gasteiger partial charge in [0.25, 0.3) is 10.2 Å². The molecule has 1 unspecified atom stereocenters. The van der Waals surface area contributed by atoms with E-state index in [0.29, 0.717) is 6.54 Å². The number of methoxy groups -OCH3 is 1. The third-order valence-corrected chi connectivity index (χ3v) is 5.62. The van der Waals surface area contributed by atoms with Crippen molar-refractivity contribution in [2.24, 2.45) is 0 Å². The number of hydrogen-bond donors (Lipinski definition) is 2. The van der Waals surface area contributed by atoms with Gasteiger partial charge in [-0.2, -0.15) is 8.42 Å². The molecule has 136 valence electrons. The lowest BCUT2D eigenvalue weighted by atomic mass is 10.0. The Morgan fingerprint density at radius 3 is 2.29 bits per heavy atom. The van der Waals surface area contributed by atoms with Gasteiger partial charge in [-0.15, -0.1) is 0 Å². The lowest BCUT2D eigenvalue weighted by Crippen LogP contribution is -2.50. The summed E-state index contributed by atoms with van der Waals surface area (Å²) in [6.45, 7) is 7.40. The molecule has 1 atom stereocenters. The van der Waals surface area contributed by atoms with Gasteiger partial charge in [-0.3, -0.25) is 4.90 Å². The van der Waals surface area contributed by atoms with E-state index in [1.165, 1.54) is 7.05 Å². The summed E-state index contributed by atoms with van der Waals surface area (Å²) in [5.74, 6) is 0.795. The molecule has 1 saturated heterocycles. The number of likely N-dealkylation sites (N-methyl/N-ethyl adjacent to an activating group) is 1. The first-order valence-corrected chi connectivity index (χ1v) is 9.76. The van der Waals surface area contributed by atoms with Crippen LogP contribution in [0.5, 0.6) is 5.75 Å². The fourth-order valence-electron chi connectivity index (χ4n) is 2.94. The molecular weight excluding hydrogens is 328 g/mol. The Kier molecular flexibility index (Phi) is 7.00. The molecule has 7 nitrogen and oxygen atoms in total. The van der Waals surface area contributed by atoms with E-state index in [-0.39, 0.29) is 6.04 Å². The van der Waals surface area contributed by atoms with E-state index in [9.17, 15) is 8.42 Å². The molecule has 1 aromatic carbocycles. The molecule has 0 amide bonds. The maximum Gasteiger partial charge on any atom is 0.276 e. The van der Waals surface area contributed by atoms with Crippen LogP contribution in [0.3, 0.4) is 0 Å². The standard InChI is InChI=1S/C16H28N4O3S/c1-4-19-9-11-20(12-10-19)16(13-18-24(21,22)17-2)14-5-7-15(23-3)8-6-14/h5-8,16-18H,4,9-13H2,1-3H3. The molecule has 8 heteroatoms. The maximum absolute atomic E-state index is 11.7. The number of nitrogens with one attached hydrogen (secondary N) is 2. The summed E-state index contributed by atoms with van der Waals surface area (Å²) >= 11 is 0. The van der Waals surface area contributed by atoms with Crippen molar-refractivity contribution in [2.45, 2.75) is 13.0 Å². The Morgan fingerprint density at radius 1 is 1.17 bits per heavy atom. The van der Waals surface area contributed by atoms with Gasteiger partial charge in [0, 0.05) is 45.8 Å². The minimum atomic E-state index is -3.45. The van der Waals surface area contributed by atoms with Crippen molar-refractivity contribution in [2.75, 3.05) is 53.4 Å². The monoisotopic (exact) mass is 356 g/mol. The van der Waals surface area contributed by atoms with Crippen LogP contribution in [0.15, 0.2) is 24.3 Å². The quantitative estimate of drug-likeness (QED) is 0.707.